The lowest BCUT2D eigenvalue weighted by Crippen LogP contribution is -2.25. The van der Waals surface area contributed by atoms with Gasteiger partial charge in [0.05, 0.1) is 18.7 Å². The molecular weight excluding hydrogens is 226 g/mol. The highest BCUT2D eigenvalue weighted by Crippen LogP contribution is 2.31. The number of anilines is 1. The number of allylic oxidation sites excluding steroid dienone is 1. The van der Waals surface area contributed by atoms with E-state index in [4.69, 9.17) is 4.74 Å². The summed E-state index contributed by atoms with van der Waals surface area (Å²) in [5, 5.41) is 0. The maximum absolute atomic E-state index is 11.7. The number of nitrogens with zero attached hydrogens (tertiary/aromatic N) is 1. The Balaban J connectivity index is 2.42. The highest BCUT2D eigenvalue weighted by atomic mass is 16.5. The summed E-state index contributed by atoms with van der Waals surface area (Å²) >= 11 is 0. The lowest BCUT2D eigenvalue weighted by molar-refractivity contribution is -0.118. The van der Waals surface area contributed by atoms with Crippen molar-refractivity contribution in [2.75, 3.05) is 18.6 Å². The van der Waals surface area contributed by atoms with E-state index < -0.39 is 0 Å². The zero-order chi connectivity index (χ0) is 13.1. The van der Waals surface area contributed by atoms with Crippen molar-refractivity contribution in [3.63, 3.8) is 0 Å². The molecular formula is C15H15NO2. The lowest BCUT2D eigenvalue weighted by atomic mass is 10.1. The summed E-state index contributed by atoms with van der Waals surface area (Å²) in [6, 6.07) is 5.61. The third-order valence-electron chi connectivity index (χ3n) is 2.69. The van der Waals surface area contributed by atoms with Crippen LogP contribution in [0.4, 0.5) is 5.69 Å². The SMILES string of the molecule is C=C(C)C#Cc1ccc2c(c1)N(C)C(=O)CCO2. The first-order valence-corrected chi connectivity index (χ1v) is 5.79. The first-order valence-electron chi connectivity index (χ1n) is 5.79. The molecule has 0 bridgehead atoms. The lowest BCUT2D eigenvalue weighted by Gasteiger charge is -2.16. The summed E-state index contributed by atoms with van der Waals surface area (Å²) in [5.74, 6) is 6.71. The molecule has 0 spiro atoms. The normalized spacial score (nSPS) is 13.9. The average Bonchev–Trinajstić information content (AvgIpc) is 2.48. The monoisotopic (exact) mass is 241 g/mol. The highest BCUT2D eigenvalue weighted by molar-refractivity contribution is 5.95. The molecule has 0 aliphatic carbocycles. The second kappa shape index (κ2) is 4.97. The molecule has 3 nitrogen and oxygen atoms in total. The molecule has 0 atom stereocenters. The van der Waals surface area contributed by atoms with Crippen LogP contribution in [-0.2, 0) is 4.79 Å². The second-order valence-corrected chi connectivity index (χ2v) is 4.26. The van der Waals surface area contributed by atoms with Crippen LogP contribution in [-0.4, -0.2) is 19.6 Å². The molecule has 18 heavy (non-hydrogen) atoms. The van der Waals surface area contributed by atoms with Crippen molar-refractivity contribution in [1.82, 2.24) is 0 Å². The van der Waals surface area contributed by atoms with Crippen LogP contribution in [0.2, 0.25) is 0 Å². The third kappa shape index (κ3) is 2.54. The van der Waals surface area contributed by atoms with Gasteiger partial charge < -0.3 is 9.64 Å². The van der Waals surface area contributed by atoms with E-state index in [1.54, 1.807) is 11.9 Å². The molecule has 2 rings (SSSR count). The van der Waals surface area contributed by atoms with Gasteiger partial charge in [-0.1, -0.05) is 18.4 Å². The predicted molar refractivity (Wildman–Crippen MR) is 71.7 cm³/mol. The van der Waals surface area contributed by atoms with Crippen LogP contribution in [0.15, 0.2) is 30.4 Å². The molecule has 3 heteroatoms. The van der Waals surface area contributed by atoms with Crippen LogP contribution < -0.4 is 9.64 Å². The molecule has 1 heterocycles. The van der Waals surface area contributed by atoms with E-state index in [1.165, 1.54) is 0 Å². The summed E-state index contributed by atoms with van der Waals surface area (Å²) in [5.41, 5.74) is 2.43. The summed E-state index contributed by atoms with van der Waals surface area (Å²) in [6.45, 7) is 6.02. The van der Waals surface area contributed by atoms with Crippen LogP contribution in [0.25, 0.3) is 0 Å². The van der Waals surface area contributed by atoms with Crippen molar-refractivity contribution in [3.05, 3.63) is 35.9 Å². The molecule has 0 aromatic heterocycles. The summed E-state index contributed by atoms with van der Waals surface area (Å²) in [7, 11) is 1.76. The van der Waals surface area contributed by atoms with Gasteiger partial charge in [-0.25, -0.2) is 0 Å². The van der Waals surface area contributed by atoms with Crippen molar-refractivity contribution < 1.29 is 9.53 Å². The number of fused-ring (bicyclic) bond motifs is 1. The minimum Gasteiger partial charge on any atom is -0.491 e. The molecule has 0 fully saturated rings. The number of hydrogen-bond donors (Lipinski definition) is 0. The van der Waals surface area contributed by atoms with Crippen molar-refractivity contribution in [1.29, 1.82) is 0 Å². The molecule has 92 valence electrons. The summed E-state index contributed by atoms with van der Waals surface area (Å²) < 4.78 is 5.54. The zero-order valence-corrected chi connectivity index (χ0v) is 10.6. The van der Waals surface area contributed by atoms with E-state index in [1.807, 2.05) is 25.1 Å². The zero-order valence-electron chi connectivity index (χ0n) is 10.6. The van der Waals surface area contributed by atoms with Gasteiger partial charge >= 0.3 is 0 Å². The average molecular weight is 241 g/mol. The summed E-state index contributed by atoms with van der Waals surface area (Å²) in [6.07, 6.45) is 0.401. The molecule has 1 aliphatic rings. The largest absolute Gasteiger partial charge is 0.491 e. The fourth-order valence-corrected chi connectivity index (χ4v) is 1.71. The van der Waals surface area contributed by atoms with E-state index >= 15 is 0 Å². The van der Waals surface area contributed by atoms with Gasteiger partial charge in [-0.05, 0) is 30.7 Å². The first kappa shape index (κ1) is 12.3. The molecule has 0 N–H and O–H groups in total. The highest BCUT2D eigenvalue weighted by Gasteiger charge is 2.19. The van der Waals surface area contributed by atoms with Crippen molar-refractivity contribution >= 4 is 11.6 Å². The number of benzene rings is 1. The Morgan fingerprint density at radius 1 is 1.50 bits per heavy atom. The number of hydrogen-bond acceptors (Lipinski definition) is 2. The van der Waals surface area contributed by atoms with Crippen LogP contribution in [0.1, 0.15) is 18.9 Å². The van der Waals surface area contributed by atoms with Gasteiger partial charge in [0.2, 0.25) is 5.91 Å². The van der Waals surface area contributed by atoms with Gasteiger partial charge in [0.1, 0.15) is 5.75 Å². The van der Waals surface area contributed by atoms with Crippen molar-refractivity contribution in [2.24, 2.45) is 0 Å². The van der Waals surface area contributed by atoms with Gasteiger partial charge in [0.25, 0.3) is 0 Å². The Labute approximate surface area is 107 Å². The Hall–Kier alpha value is -2.21. The molecule has 1 aromatic carbocycles. The van der Waals surface area contributed by atoms with Gasteiger partial charge in [-0.15, -0.1) is 0 Å². The van der Waals surface area contributed by atoms with Gasteiger partial charge in [-0.3, -0.25) is 4.79 Å². The number of ether oxygens (including phenoxy) is 1. The van der Waals surface area contributed by atoms with E-state index in [0.717, 1.165) is 22.6 Å². The minimum atomic E-state index is 0.0544. The standard InChI is InChI=1S/C15H15NO2/c1-11(2)4-5-12-6-7-14-13(10-12)16(3)15(17)8-9-18-14/h6-7,10H,1,8-9H2,2-3H3. The van der Waals surface area contributed by atoms with E-state index in [0.29, 0.717) is 13.0 Å². The Bertz CT molecular complexity index is 564. The second-order valence-electron chi connectivity index (χ2n) is 4.26. The molecule has 1 aliphatic heterocycles. The fraction of sp³-hybridized carbons (Fsp3) is 0.267. The number of carbonyl (C=O) groups is 1. The van der Waals surface area contributed by atoms with Gasteiger partial charge in [-0.2, -0.15) is 0 Å². The molecule has 0 radical (unpaired) electrons. The Morgan fingerprint density at radius 2 is 2.28 bits per heavy atom. The maximum atomic E-state index is 11.7. The van der Waals surface area contributed by atoms with Gasteiger partial charge in [0, 0.05) is 12.6 Å². The fourth-order valence-electron chi connectivity index (χ4n) is 1.71. The van der Waals surface area contributed by atoms with Crippen LogP contribution >= 0.6 is 0 Å². The van der Waals surface area contributed by atoms with E-state index in [-0.39, 0.29) is 5.91 Å². The number of carbonyl (C=O) groups excluding carboxylic acids is 1. The Kier molecular flexibility index (Phi) is 3.38. The quantitative estimate of drug-likeness (QED) is 0.653. The van der Waals surface area contributed by atoms with Gasteiger partial charge in [0.15, 0.2) is 0 Å². The topological polar surface area (TPSA) is 29.5 Å². The molecule has 0 saturated carbocycles. The predicted octanol–water partition coefficient (Wildman–Crippen LogP) is 2.36. The van der Waals surface area contributed by atoms with E-state index in [2.05, 4.69) is 18.4 Å². The van der Waals surface area contributed by atoms with E-state index in [9.17, 15) is 4.79 Å². The minimum absolute atomic E-state index is 0.0544. The van der Waals surface area contributed by atoms with Crippen molar-refractivity contribution in [3.8, 4) is 17.6 Å². The molecule has 1 amide bonds. The summed E-state index contributed by atoms with van der Waals surface area (Å²) in [4.78, 5) is 13.4. The Morgan fingerprint density at radius 3 is 3.00 bits per heavy atom. The first-order chi connectivity index (χ1) is 8.58. The number of rotatable bonds is 0. The molecule has 0 saturated heterocycles. The molecule has 1 aromatic rings. The smallest absolute Gasteiger partial charge is 0.230 e. The number of amides is 1. The van der Waals surface area contributed by atoms with Crippen LogP contribution in [0.3, 0.4) is 0 Å². The molecule has 0 unspecified atom stereocenters. The maximum Gasteiger partial charge on any atom is 0.230 e. The van der Waals surface area contributed by atoms with Crippen LogP contribution in [0, 0.1) is 11.8 Å². The van der Waals surface area contributed by atoms with Crippen molar-refractivity contribution in [2.45, 2.75) is 13.3 Å². The van der Waals surface area contributed by atoms with Crippen LogP contribution in [0.5, 0.6) is 5.75 Å². The third-order valence-corrected chi connectivity index (χ3v) is 2.69.